The smallest absolute Gasteiger partial charge is 0.260 e. The number of aromatic hydroxyl groups is 1. The van der Waals surface area contributed by atoms with Crippen molar-refractivity contribution in [2.75, 3.05) is 19.7 Å². The van der Waals surface area contributed by atoms with Gasteiger partial charge >= 0.3 is 0 Å². The van der Waals surface area contributed by atoms with E-state index in [0.29, 0.717) is 31.5 Å². The number of hydrogen-bond acceptors (Lipinski definition) is 4. The number of amides is 2. The van der Waals surface area contributed by atoms with Crippen molar-refractivity contribution in [3.63, 3.8) is 0 Å². The third-order valence-electron chi connectivity index (χ3n) is 5.50. The van der Waals surface area contributed by atoms with E-state index >= 15 is 0 Å². The molecule has 29 heavy (non-hydrogen) atoms. The summed E-state index contributed by atoms with van der Waals surface area (Å²) in [6, 6.07) is 10.3. The number of aryl methyl sites for hydroxylation is 2. The molecule has 1 saturated heterocycles. The van der Waals surface area contributed by atoms with Gasteiger partial charge in [-0.2, -0.15) is 0 Å². The molecule has 2 aromatic rings. The molecule has 0 unspecified atom stereocenters. The molecule has 0 radical (unpaired) electrons. The highest BCUT2D eigenvalue weighted by Gasteiger charge is 2.24. The van der Waals surface area contributed by atoms with Gasteiger partial charge in [0.1, 0.15) is 11.5 Å². The second-order valence-corrected chi connectivity index (χ2v) is 7.62. The van der Waals surface area contributed by atoms with Crippen molar-refractivity contribution in [3.05, 3.63) is 58.7 Å². The van der Waals surface area contributed by atoms with Gasteiger partial charge in [0.25, 0.3) is 11.8 Å². The van der Waals surface area contributed by atoms with Crippen LogP contribution in [0, 0.1) is 20.8 Å². The van der Waals surface area contributed by atoms with Gasteiger partial charge in [0.05, 0.1) is 0 Å². The van der Waals surface area contributed by atoms with E-state index < -0.39 is 0 Å². The predicted octanol–water partition coefficient (Wildman–Crippen LogP) is 3.12. The molecule has 0 saturated carbocycles. The summed E-state index contributed by atoms with van der Waals surface area (Å²) < 4.78 is 5.84. The zero-order valence-corrected chi connectivity index (χ0v) is 17.2. The van der Waals surface area contributed by atoms with Crippen LogP contribution in [0.4, 0.5) is 0 Å². The maximum Gasteiger partial charge on any atom is 0.260 e. The van der Waals surface area contributed by atoms with E-state index in [1.807, 2.05) is 26.8 Å². The van der Waals surface area contributed by atoms with Crippen LogP contribution in [0.3, 0.4) is 0 Å². The van der Waals surface area contributed by atoms with Crippen molar-refractivity contribution in [2.45, 2.75) is 39.7 Å². The summed E-state index contributed by atoms with van der Waals surface area (Å²) in [6.45, 7) is 7.19. The molecule has 3 rings (SSSR count). The lowest BCUT2D eigenvalue weighted by molar-refractivity contribution is -0.134. The Labute approximate surface area is 171 Å². The number of hydrogen-bond donors (Lipinski definition) is 2. The highest BCUT2D eigenvalue weighted by molar-refractivity contribution is 5.94. The number of likely N-dealkylation sites (tertiary alicyclic amines) is 1. The van der Waals surface area contributed by atoms with Gasteiger partial charge in [-0.3, -0.25) is 9.59 Å². The molecule has 0 bridgehead atoms. The maximum absolute atomic E-state index is 12.6. The Bertz CT molecular complexity index is 902. The van der Waals surface area contributed by atoms with Gasteiger partial charge in [-0.05, 0) is 68.5 Å². The predicted molar refractivity (Wildman–Crippen MR) is 111 cm³/mol. The first kappa shape index (κ1) is 20.7. The lowest BCUT2D eigenvalue weighted by Crippen LogP contribution is -2.47. The number of nitrogens with zero attached hydrogens (tertiary/aromatic N) is 1. The molecule has 0 aromatic heterocycles. The first-order valence-electron chi connectivity index (χ1n) is 9.92. The van der Waals surface area contributed by atoms with Crippen molar-refractivity contribution in [2.24, 2.45) is 0 Å². The number of carbonyl (C=O) groups excluding carboxylic acids is 2. The van der Waals surface area contributed by atoms with Gasteiger partial charge in [-0.1, -0.05) is 18.2 Å². The molecule has 6 nitrogen and oxygen atoms in total. The molecule has 154 valence electrons. The number of phenolic OH excluding ortho intramolecular Hbond substituents is 1. The van der Waals surface area contributed by atoms with Gasteiger partial charge in [0.2, 0.25) is 0 Å². The van der Waals surface area contributed by atoms with Crippen molar-refractivity contribution < 1.29 is 19.4 Å². The molecule has 0 aliphatic carbocycles. The van der Waals surface area contributed by atoms with E-state index in [4.69, 9.17) is 4.74 Å². The molecule has 2 N–H and O–H groups in total. The topological polar surface area (TPSA) is 78.9 Å². The molecular formula is C23H28N2O4. The average Bonchev–Trinajstić information content (AvgIpc) is 2.71. The number of piperidine rings is 1. The Morgan fingerprint density at radius 1 is 1.10 bits per heavy atom. The van der Waals surface area contributed by atoms with Crippen LogP contribution < -0.4 is 10.1 Å². The Morgan fingerprint density at radius 2 is 1.79 bits per heavy atom. The van der Waals surface area contributed by atoms with Crippen LogP contribution in [0.1, 0.15) is 39.9 Å². The average molecular weight is 396 g/mol. The van der Waals surface area contributed by atoms with Gasteiger partial charge in [-0.15, -0.1) is 0 Å². The minimum atomic E-state index is -0.209. The zero-order valence-electron chi connectivity index (χ0n) is 17.2. The summed E-state index contributed by atoms with van der Waals surface area (Å²) in [5.41, 5.74) is 3.66. The largest absolute Gasteiger partial charge is 0.508 e. The van der Waals surface area contributed by atoms with Gasteiger partial charge < -0.3 is 20.1 Å². The molecule has 0 spiro atoms. The molecule has 2 aromatic carbocycles. The zero-order chi connectivity index (χ0) is 21.0. The molecule has 1 fully saturated rings. The molecule has 0 atom stereocenters. The standard InChI is InChI=1S/C23H28N2O4/c1-15-7-8-16(2)22(17(15)3)29-14-21(27)25-11-9-19(10-12-25)24-23(28)18-5-4-6-20(26)13-18/h4-8,13,19,26H,9-12,14H2,1-3H3,(H,24,28). The van der Waals surface area contributed by atoms with Crippen molar-refractivity contribution in [1.82, 2.24) is 10.2 Å². The summed E-state index contributed by atoms with van der Waals surface area (Å²) in [5, 5.41) is 12.5. The van der Waals surface area contributed by atoms with Crippen molar-refractivity contribution >= 4 is 11.8 Å². The highest BCUT2D eigenvalue weighted by atomic mass is 16.5. The maximum atomic E-state index is 12.6. The van der Waals surface area contributed by atoms with E-state index in [2.05, 4.69) is 11.4 Å². The second-order valence-electron chi connectivity index (χ2n) is 7.62. The monoisotopic (exact) mass is 396 g/mol. The van der Waals surface area contributed by atoms with E-state index in [1.165, 1.54) is 12.1 Å². The number of carbonyl (C=O) groups is 2. The molecule has 1 aliphatic rings. The minimum absolute atomic E-state index is 0.0103. The Hall–Kier alpha value is -3.02. The highest BCUT2D eigenvalue weighted by Crippen LogP contribution is 2.25. The van der Waals surface area contributed by atoms with Crippen LogP contribution in [0.25, 0.3) is 0 Å². The summed E-state index contributed by atoms with van der Waals surface area (Å²) in [5.74, 6) is 0.603. The first-order chi connectivity index (χ1) is 13.8. The fourth-order valence-corrected chi connectivity index (χ4v) is 3.56. The number of phenols is 1. The quantitative estimate of drug-likeness (QED) is 0.814. The Kier molecular flexibility index (Phi) is 6.42. The molecule has 2 amide bonds. The Balaban J connectivity index is 1.48. The number of nitrogens with one attached hydrogen (secondary N) is 1. The van der Waals surface area contributed by atoms with E-state index in [-0.39, 0.29) is 30.2 Å². The van der Waals surface area contributed by atoms with Crippen LogP contribution >= 0.6 is 0 Å². The van der Waals surface area contributed by atoms with Crippen molar-refractivity contribution in [1.29, 1.82) is 0 Å². The third kappa shape index (κ3) is 5.08. The lowest BCUT2D eigenvalue weighted by Gasteiger charge is -2.32. The molecule has 1 heterocycles. The van der Waals surface area contributed by atoms with Crippen LogP contribution in [-0.2, 0) is 4.79 Å². The summed E-state index contributed by atoms with van der Waals surface area (Å²) >= 11 is 0. The van der Waals surface area contributed by atoms with Crippen LogP contribution in [0.15, 0.2) is 36.4 Å². The third-order valence-corrected chi connectivity index (χ3v) is 5.50. The number of ether oxygens (including phenoxy) is 1. The SMILES string of the molecule is Cc1ccc(C)c(OCC(=O)N2CCC(NC(=O)c3cccc(O)c3)CC2)c1C. The molecular weight excluding hydrogens is 368 g/mol. The number of rotatable bonds is 5. The molecule has 6 heteroatoms. The fourth-order valence-electron chi connectivity index (χ4n) is 3.56. The summed E-state index contributed by atoms with van der Waals surface area (Å²) in [7, 11) is 0. The molecule has 1 aliphatic heterocycles. The van der Waals surface area contributed by atoms with Gasteiger partial charge in [0, 0.05) is 24.7 Å². The van der Waals surface area contributed by atoms with Crippen LogP contribution in [0.5, 0.6) is 11.5 Å². The first-order valence-corrected chi connectivity index (χ1v) is 9.92. The van der Waals surface area contributed by atoms with Crippen molar-refractivity contribution in [3.8, 4) is 11.5 Å². The Morgan fingerprint density at radius 3 is 2.48 bits per heavy atom. The normalized spacial score (nSPS) is 14.5. The fraction of sp³-hybridized carbons (Fsp3) is 0.391. The van der Waals surface area contributed by atoms with E-state index in [0.717, 1.165) is 22.4 Å². The van der Waals surface area contributed by atoms with E-state index in [1.54, 1.807) is 17.0 Å². The van der Waals surface area contributed by atoms with Gasteiger partial charge in [-0.25, -0.2) is 0 Å². The minimum Gasteiger partial charge on any atom is -0.508 e. The van der Waals surface area contributed by atoms with Crippen LogP contribution in [-0.4, -0.2) is 47.6 Å². The summed E-state index contributed by atoms with van der Waals surface area (Å²) in [4.78, 5) is 26.7. The summed E-state index contributed by atoms with van der Waals surface area (Å²) in [6.07, 6.45) is 1.39. The van der Waals surface area contributed by atoms with E-state index in [9.17, 15) is 14.7 Å². The lowest BCUT2D eigenvalue weighted by atomic mass is 10.0. The second kappa shape index (κ2) is 8.99. The number of benzene rings is 2. The van der Waals surface area contributed by atoms with Gasteiger partial charge in [0.15, 0.2) is 6.61 Å². The van der Waals surface area contributed by atoms with Crippen LogP contribution in [0.2, 0.25) is 0 Å².